The standard InChI is InChI=1S/C12H22N2O3/c1-9(2)6-13(3)12(17)14(8-11(15)16)7-10-4-5-10/h9-10H,4-8H2,1-3H3,(H,15,16). The van der Waals surface area contributed by atoms with E-state index in [4.69, 9.17) is 5.11 Å². The average molecular weight is 242 g/mol. The van der Waals surface area contributed by atoms with E-state index >= 15 is 0 Å². The second-order valence-corrected chi connectivity index (χ2v) is 5.27. The minimum Gasteiger partial charge on any atom is -0.480 e. The highest BCUT2D eigenvalue weighted by Gasteiger charge is 2.29. The first-order chi connectivity index (χ1) is 7.90. The fraction of sp³-hybridized carbons (Fsp3) is 0.833. The molecule has 5 nitrogen and oxygen atoms in total. The maximum Gasteiger partial charge on any atom is 0.323 e. The van der Waals surface area contributed by atoms with Gasteiger partial charge in [-0.05, 0) is 24.7 Å². The molecule has 0 aromatic rings. The maximum absolute atomic E-state index is 12.1. The molecule has 0 radical (unpaired) electrons. The SMILES string of the molecule is CC(C)CN(C)C(=O)N(CC(=O)O)CC1CC1. The number of nitrogens with zero attached hydrogens (tertiary/aromatic N) is 2. The number of rotatable bonds is 6. The Morgan fingerprint density at radius 1 is 1.35 bits per heavy atom. The minimum atomic E-state index is -0.947. The molecular weight excluding hydrogens is 220 g/mol. The van der Waals surface area contributed by atoms with Gasteiger partial charge >= 0.3 is 12.0 Å². The number of hydrogen-bond donors (Lipinski definition) is 1. The normalized spacial score (nSPS) is 14.8. The van der Waals surface area contributed by atoms with E-state index in [1.165, 1.54) is 4.90 Å². The summed E-state index contributed by atoms with van der Waals surface area (Å²) < 4.78 is 0. The van der Waals surface area contributed by atoms with Crippen LogP contribution in [0.1, 0.15) is 26.7 Å². The van der Waals surface area contributed by atoms with Crippen molar-refractivity contribution in [3.8, 4) is 0 Å². The molecule has 98 valence electrons. The molecule has 1 aliphatic rings. The van der Waals surface area contributed by atoms with Crippen molar-refractivity contribution in [1.29, 1.82) is 0 Å². The molecule has 1 rings (SSSR count). The van der Waals surface area contributed by atoms with Crippen molar-refractivity contribution in [1.82, 2.24) is 9.80 Å². The fourth-order valence-corrected chi connectivity index (χ4v) is 1.85. The molecule has 0 spiro atoms. The van der Waals surface area contributed by atoms with Crippen LogP contribution in [0, 0.1) is 11.8 Å². The van der Waals surface area contributed by atoms with Crippen LogP contribution in [0.2, 0.25) is 0 Å². The lowest BCUT2D eigenvalue weighted by atomic mass is 10.2. The summed E-state index contributed by atoms with van der Waals surface area (Å²) in [5.41, 5.74) is 0. The Kier molecular flexibility index (Phi) is 4.78. The molecule has 0 aromatic heterocycles. The minimum absolute atomic E-state index is 0.173. The van der Waals surface area contributed by atoms with Crippen LogP contribution in [-0.2, 0) is 4.79 Å². The zero-order valence-corrected chi connectivity index (χ0v) is 10.8. The lowest BCUT2D eigenvalue weighted by Gasteiger charge is -2.28. The monoisotopic (exact) mass is 242 g/mol. The van der Waals surface area contributed by atoms with Crippen LogP contribution < -0.4 is 0 Å². The molecular formula is C12H22N2O3. The summed E-state index contributed by atoms with van der Waals surface area (Å²) in [5, 5.41) is 8.82. The molecule has 0 saturated heterocycles. The second-order valence-electron chi connectivity index (χ2n) is 5.27. The molecule has 1 N–H and O–H groups in total. The van der Waals surface area contributed by atoms with E-state index < -0.39 is 5.97 Å². The van der Waals surface area contributed by atoms with Gasteiger partial charge in [-0.1, -0.05) is 13.8 Å². The van der Waals surface area contributed by atoms with Crippen LogP contribution in [0.25, 0.3) is 0 Å². The van der Waals surface area contributed by atoms with Crippen LogP contribution >= 0.6 is 0 Å². The van der Waals surface area contributed by atoms with Crippen molar-refractivity contribution in [2.75, 3.05) is 26.7 Å². The Balaban J connectivity index is 2.53. The van der Waals surface area contributed by atoms with Gasteiger partial charge in [0.2, 0.25) is 0 Å². The summed E-state index contributed by atoms with van der Waals surface area (Å²) in [6.45, 7) is 5.10. The molecule has 2 amide bonds. The highest BCUT2D eigenvalue weighted by molar-refractivity contribution is 5.80. The predicted octanol–water partition coefficient (Wildman–Crippen LogP) is 1.49. The smallest absolute Gasteiger partial charge is 0.323 e. The third kappa shape index (κ3) is 5.06. The van der Waals surface area contributed by atoms with Crippen molar-refractivity contribution in [2.45, 2.75) is 26.7 Å². The zero-order chi connectivity index (χ0) is 13.0. The number of urea groups is 1. The van der Waals surface area contributed by atoms with Crippen LogP contribution in [0.4, 0.5) is 4.79 Å². The van der Waals surface area contributed by atoms with Gasteiger partial charge in [0.25, 0.3) is 0 Å². The van der Waals surface area contributed by atoms with Crippen molar-refractivity contribution in [3.05, 3.63) is 0 Å². The first-order valence-electron chi connectivity index (χ1n) is 6.12. The molecule has 0 heterocycles. The quantitative estimate of drug-likeness (QED) is 0.767. The summed E-state index contributed by atoms with van der Waals surface area (Å²) >= 11 is 0. The summed E-state index contributed by atoms with van der Waals surface area (Å²) in [4.78, 5) is 25.9. The van der Waals surface area contributed by atoms with Crippen LogP contribution in [-0.4, -0.2) is 53.6 Å². The Bertz CT molecular complexity index is 287. The summed E-state index contributed by atoms with van der Waals surface area (Å²) in [6, 6.07) is -0.173. The summed E-state index contributed by atoms with van der Waals surface area (Å²) in [7, 11) is 1.73. The van der Waals surface area contributed by atoms with Crippen molar-refractivity contribution >= 4 is 12.0 Å². The van der Waals surface area contributed by atoms with E-state index in [0.717, 1.165) is 12.8 Å². The lowest BCUT2D eigenvalue weighted by molar-refractivity contribution is -0.137. The largest absolute Gasteiger partial charge is 0.480 e. The number of hydrogen-bond acceptors (Lipinski definition) is 2. The average Bonchev–Trinajstić information content (AvgIpc) is 2.97. The fourth-order valence-electron chi connectivity index (χ4n) is 1.85. The highest BCUT2D eigenvalue weighted by Crippen LogP contribution is 2.29. The molecule has 0 bridgehead atoms. The number of aliphatic carboxylic acids is 1. The number of carbonyl (C=O) groups excluding carboxylic acids is 1. The molecule has 0 unspecified atom stereocenters. The Morgan fingerprint density at radius 3 is 2.35 bits per heavy atom. The molecule has 1 saturated carbocycles. The molecule has 0 atom stereocenters. The highest BCUT2D eigenvalue weighted by atomic mass is 16.4. The van der Waals surface area contributed by atoms with Gasteiger partial charge in [0.05, 0.1) is 0 Å². The van der Waals surface area contributed by atoms with Crippen LogP contribution in [0.3, 0.4) is 0 Å². The summed E-state index contributed by atoms with van der Waals surface area (Å²) in [6.07, 6.45) is 2.22. The zero-order valence-electron chi connectivity index (χ0n) is 10.8. The van der Waals surface area contributed by atoms with Crippen molar-refractivity contribution in [3.63, 3.8) is 0 Å². The molecule has 1 fully saturated rings. The van der Waals surface area contributed by atoms with Gasteiger partial charge in [0, 0.05) is 20.1 Å². The topological polar surface area (TPSA) is 60.9 Å². The first kappa shape index (κ1) is 13.8. The van der Waals surface area contributed by atoms with Gasteiger partial charge in [-0.3, -0.25) is 4.79 Å². The molecule has 0 aromatic carbocycles. The van der Waals surface area contributed by atoms with Crippen molar-refractivity contribution < 1.29 is 14.7 Å². The van der Waals surface area contributed by atoms with E-state index in [9.17, 15) is 9.59 Å². The molecule has 5 heteroatoms. The molecule has 0 aliphatic heterocycles. The van der Waals surface area contributed by atoms with Gasteiger partial charge in [-0.25, -0.2) is 4.79 Å². The maximum atomic E-state index is 12.1. The van der Waals surface area contributed by atoms with E-state index in [1.807, 2.05) is 13.8 Å². The van der Waals surface area contributed by atoms with Gasteiger partial charge in [-0.15, -0.1) is 0 Å². The number of amides is 2. The molecule has 1 aliphatic carbocycles. The van der Waals surface area contributed by atoms with E-state index in [0.29, 0.717) is 24.9 Å². The third-order valence-electron chi connectivity index (χ3n) is 2.74. The van der Waals surface area contributed by atoms with Gasteiger partial charge in [0.15, 0.2) is 0 Å². The van der Waals surface area contributed by atoms with E-state index in [2.05, 4.69) is 0 Å². The van der Waals surface area contributed by atoms with E-state index in [1.54, 1.807) is 11.9 Å². The van der Waals surface area contributed by atoms with Crippen LogP contribution in [0.5, 0.6) is 0 Å². The number of carbonyl (C=O) groups is 2. The second kappa shape index (κ2) is 5.89. The number of carboxylic acid groups (broad SMARTS) is 1. The first-order valence-corrected chi connectivity index (χ1v) is 6.12. The Morgan fingerprint density at radius 2 is 1.94 bits per heavy atom. The Hall–Kier alpha value is -1.26. The van der Waals surface area contributed by atoms with E-state index in [-0.39, 0.29) is 12.6 Å². The number of carboxylic acids is 1. The van der Waals surface area contributed by atoms with Gasteiger partial charge < -0.3 is 14.9 Å². The van der Waals surface area contributed by atoms with Gasteiger partial charge in [0.1, 0.15) is 6.54 Å². The Labute approximate surface area is 102 Å². The predicted molar refractivity (Wildman–Crippen MR) is 64.8 cm³/mol. The van der Waals surface area contributed by atoms with Crippen LogP contribution in [0.15, 0.2) is 0 Å². The van der Waals surface area contributed by atoms with Gasteiger partial charge in [-0.2, -0.15) is 0 Å². The van der Waals surface area contributed by atoms with Crippen molar-refractivity contribution in [2.24, 2.45) is 11.8 Å². The lowest BCUT2D eigenvalue weighted by Crippen LogP contribution is -2.45. The summed E-state index contributed by atoms with van der Waals surface area (Å²) in [5.74, 6) is -0.0563. The molecule has 17 heavy (non-hydrogen) atoms. The third-order valence-corrected chi connectivity index (χ3v) is 2.74.